The monoisotopic (exact) mass is 272 g/mol. The lowest BCUT2D eigenvalue weighted by Gasteiger charge is -2.29. The molecule has 1 saturated carbocycles. The van der Waals surface area contributed by atoms with Crippen LogP contribution in [0.1, 0.15) is 58.8 Å². The molecule has 0 aromatic carbocycles. The van der Waals surface area contributed by atoms with Gasteiger partial charge in [-0.25, -0.2) is 0 Å². The van der Waals surface area contributed by atoms with Crippen LogP contribution in [-0.4, -0.2) is 6.61 Å². The maximum absolute atomic E-state index is 12.1. The van der Waals surface area contributed by atoms with Crippen LogP contribution in [0.4, 0.5) is 8.78 Å². The van der Waals surface area contributed by atoms with E-state index in [4.69, 9.17) is 4.74 Å². The molecule has 1 rings (SSSR count). The van der Waals surface area contributed by atoms with E-state index in [-0.39, 0.29) is 0 Å². The number of rotatable bonds is 7. The van der Waals surface area contributed by atoms with Crippen molar-refractivity contribution in [1.29, 1.82) is 0 Å². The lowest BCUT2D eigenvalue weighted by Crippen LogP contribution is -2.17. The summed E-state index contributed by atoms with van der Waals surface area (Å²) in [7, 11) is 0. The lowest BCUT2D eigenvalue weighted by molar-refractivity contribution is 0.146. The molecule has 0 atom stereocenters. The highest BCUT2D eigenvalue weighted by molar-refractivity contribution is 4.99. The van der Waals surface area contributed by atoms with Crippen molar-refractivity contribution in [3.05, 3.63) is 24.0 Å². The molecule has 1 aliphatic carbocycles. The summed E-state index contributed by atoms with van der Waals surface area (Å²) in [6.45, 7) is 4.97. The van der Waals surface area contributed by atoms with Gasteiger partial charge in [0.1, 0.15) is 0 Å². The third-order valence-corrected chi connectivity index (χ3v) is 3.91. The van der Waals surface area contributed by atoms with E-state index in [0.717, 1.165) is 57.0 Å². The molecule has 19 heavy (non-hydrogen) atoms. The Kier molecular flexibility index (Phi) is 7.76. The third-order valence-electron chi connectivity index (χ3n) is 3.91. The number of unbranched alkanes of at least 4 members (excludes halogenated alkanes) is 1. The molecule has 1 fully saturated rings. The summed E-state index contributed by atoms with van der Waals surface area (Å²) in [5, 5.41) is 0. The van der Waals surface area contributed by atoms with Gasteiger partial charge in [-0.1, -0.05) is 13.3 Å². The Hall–Kier alpha value is -0.860. The van der Waals surface area contributed by atoms with Crippen molar-refractivity contribution >= 4 is 0 Å². The van der Waals surface area contributed by atoms with Gasteiger partial charge in [0.05, 0.1) is 12.4 Å². The van der Waals surface area contributed by atoms with Crippen molar-refractivity contribution < 1.29 is 13.5 Å². The van der Waals surface area contributed by atoms with Crippen molar-refractivity contribution in [2.45, 2.75) is 58.8 Å². The van der Waals surface area contributed by atoms with E-state index in [1.165, 1.54) is 0 Å². The normalized spacial score (nSPS) is 24.1. The van der Waals surface area contributed by atoms with Gasteiger partial charge in [-0.15, -0.1) is 0 Å². The van der Waals surface area contributed by atoms with Crippen LogP contribution >= 0.6 is 0 Å². The first-order valence-corrected chi connectivity index (χ1v) is 7.47. The van der Waals surface area contributed by atoms with Crippen LogP contribution < -0.4 is 0 Å². The fourth-order valence-electron chi connectivity index (χ4n) is 2.71. The van der Waals surface area contributed by atoms with Crippen molar-refractivity contribution in [3.63, 3.8) is 0 Å². The van der Waals surface area contributed by atoms with E-state index in [0.29, 0.717) is 18.3 Å². The fourth-order valence-corrected chi connectivity index (χ4v) is 2.71. The first-order chi connectivity index (χ1) is 9.17. The Bertz CT molecular complexity index is 298. The highest BCUT2D eigenvalue weighted by Crippen LogP contribution is 2.35. The van der Waals surface area contributed by atoms with E-state index >= 15 is 0 Å². The molecule has 0 bridgehead atoms. The molecule has 0 amide bonds. The van der Waals surface area contributed by atoms with Gasteiger partial charge in [-0.3, -0.25) is 0 Å². The van der Waals surface area contributed by atoms with E-state index in [2.05, 4.69) is 13.0 Å². The molecule has 0 spiro atoms. The second-order valence-electron chi connectivity index (χ2n) is 5.34. The van der Waals surface area contributed by atoms with Gasteiger partial charge in [0.2, 0.25) is 0 Å². The van der Waals surface area contributed by atoms with Gasteiger partial charge in [-0.05, 0) is 63.5 Å². The van der Waals surface area contributed by atoms with Crippen molar-refractivity contribution in [3.8, 4) is 0 Å². The maximum atomic E-state index is 12.1. The Morgan fingerprint density at radius 3 is 2.42 bits per heavy atom. The molecule has 0 aromatic heterocycles. The quantitative estimate of drug-likeness (QED) is 0.427. The molecule has 0 heterocycles. The van der Waals surface area contributed by atoms with E-state index in [1.54, 1.807) is 0 Å². The van der Waals surface area contributed by atoms with Crippen LogP contribution in [0.3, 0.4) is 0 Å². The summed E-state index contributed by atoms with van der Waals surface area (Å²) in [5.41, 5.74) is 0. The van der Waals surface area contributed by atoms with Gasteiger partial charge in [-0.2, -0.15) is 8.78 Å². The zero-order valence-corrected chi connectivity index (χ0v) is 12.1. The van der Waals surface area contributed by atoms with Crippen molar-refractivity contribution in [2.24, 2.45) is 11.8 Å². The van der Waals surface area contributed by atoms with Crippen LogP contribution in [0.25, 0.3) is 0 Å². The minimum Gasteiger partial charge on any atom is -0.498 e. The molecule has 0 unspecified atom stereocenters. The molecule has 1 nitrogen and oxygen atoms in total. The van der Waals surface area contributed by atoms with Crippen LogP contribution in [0.2, 0.25) is 0 Å². The Labute approximate surface area is 115 Å². The SMILES string of the molecule is CC=C(OCCCC)[C@H]1CC[C@@H](CC=C(F)F)CC1. The first kappa shape index (κ1) is 16.2. The van der Waals surface area contributed by atoms with Crippen LogP contribution in [-0.2, 0) is 4.74 Å². The number of hydrogen-bond acceptors (Lipinski definition) is 1. The number of hydrogen-bond donors (Lipinski definition) is 0. The number of ether oxygens (including phenoxy) is 1. The predicted octanol–water partition coefficient (Wildman–Crippen LogP) is 5.68. The van der Waals surface area contributed by atoms with Crippen LogP contribution in [0.5, 0.6) is 0 Å². The largest absolute Gasteiger partial charge is 0.498 e. The van der Waals surface area contributed by atoms with Crippen LogP contribution in [0.15, 0.2) is 24.0 Å². The van der Waals surface area contributed by atoms with E-state index in [1.807, 2.05) is 6.92 Å². The molecule has 3 heteroatoms. The highest BCUT2D eigenvalue weighted by Gasteiger charge is 2.24. The molecule has 0 saturated heterocycles. The molecular formula is C16H26F2O. The average molecular weight is 272 g/mol. The van der Waals surface area contributed by atoms with Crippen molar-refractivity contribution in [2.75, 3.05) is 6.61 Å². The average Bonchev–Trinajstić information content (AvgIpc) is 2.42. The smallest absolute Gasteiger partial charge is 0.266 e. The molecule has 110 valence electrons. The minimum absolute atomic E-state index is 0.423. The molecule has 0 aliphatic heterocycles. The zero-order valence-electron chi connectivity index (χ0n) is 12.1. The van der Waals surface area contributed by atoms with Gasteiger partial charge in [0.25, 0.3) is 6.08 Å². The molecule has 0 radical (unpaired) electrons. The zero-order chi connectivity index (χ0) is 14.1. The lowest BCUT2D eigenvalue weighted by atomic mass is 9.79. The standard InChI is InChI=1S/C16H26F2O/c1-3-5-12-19-15(4-2)14-9-6-13(7-10-14)8-11-16(17)18/h4,11,13-14H,3,5-10,12H2,1-2H3/t13-,14+. The predicted molar refractivity (Wildman–Crippen MR) is 75.0 cm³/mol. The van der Waals surface area contributed by atoms with Crippen LogP contribution in [0, 0.1) is 11.8 Å². The van der Waals surface area contributed by atoms with Gasteiger partial charge < -0.3 is 4.74 Å². The summed E-state index contributed by atoms with van der Waals surface area (Å²) in [6, 6.07) is 0. The molecular weight excluding hydrogens is 246 g/mol. The summed E-state index contributed by atoms with van der Waals surface area (Å²) in [6.07, 6.45) is 8.55. The Balaban J connectivity index is 2.33. The third kappa shape index (κ3) is 6.22. The molecule has 1 aliphatic rings. The Morgan fingerprint density at radius 2 is 1.89 bits per heavy atom. The maximum Gasteiger partial charge on any atom is 0.266 e. The summed E-state index contributed by atoms with van der Waals surface area (Å²) in [4.78, 5) is 0. The minimum atomic E-state index is -1.54. The summed E-state index contributed by atoms with van der Waals surface area (Å²) >= 11 is 0. The number of halogens is 2. The molecule has 0 N–H and O–H groups in total. The number of allylic oxidation sites excluding steroid dienone is 3. The summed E-state index contributed by atoms with van der Waals surface area (Å²) < 4.78 is 29.9. The van der Waals surface area contributed by atoms with Gasteiger partial charge >= 0.3 is 0 Å². The topological polar surface area (TPSA) is 9.23 Å². The van der Waals surface area contributed by atoms with Crippen molar-refractivity contribution in [1.82, 2.24) is 0 Å². The Morgan fingerprint density at radius 1 is 1.21 bits per heavy atom. The highest BCUT2D eigenvalue weighted by atomic mass is 19.3. The summed E-state index contributed by atoms with van der Waals surface area (Å²) in [5.74, 6) is 2.03. The second kappa shape index (κ2) is 9.11. The van der Waals surface area contributed by atoms with E-state index in [9.17, 15) is 8.78 Å². The first-order valence-electron chi connectivity index (χ1n) is 7.47. The van der Waals surface area contributed by atoms with E-state index < -0.39 is 6.08 Å². The van der Waals surface area contributed by atoms with Gasteiger partial charge in [0.15, 0.2) is 0 Å². The molecule has 0 aromatic rings. The second-order valence-corrected chi connectivity index (χ2v) is 5.34. The fraction of sp³-hybridized carbons (Fsp3) is 0.750. The van der Waals surface area contributed by atoms with Gasteiger partial charge in [0, 0.05) is 5.92 Å².